The summed E-state index contributed by atoms with van der Waals surface area (Å²) < 4.78 is 77.3. The maximum atomic E-state index is 15.6. The van der Waals surface area contributed by atoms with Crippen LogP contribution in [0.15, 0.2) is 35.1 Å². The van der Waals surface area contributed by atoms with Gasteiger partial charge in [-0.05, 0) is 106 Å². The number of ether oxygens (including phenoxy) is 11. The number of hydrogen-bond acceptors (Lipinski definition) is 20. The number of fused-ring (bicyclic) bond motifs is 5. The quantitative estimate of drug-likeness (QED) is 0.0187. The van der Waals surface area contributed by atoms with Crippen molar-refractivity contribution in [3.63, 3.8) is 0 Å². The highest BCUT2D eigenvalue weighted by Gasteiger charge is 2.46. The van der Waals surface area contributed by atoms with Gasteiger partial charge in [-0.1, -0.05) is 26.8 Å². The van der Waals surface area contributed by atoms with Crippen molar-refractivity contribution in [2.75, 3.05) is 119 Å². The van der Waals surface area contributed by atoms with Gasteiger partial charge in [-0.2, -0.15) is 0 Å². The molecule has 4 aromatic rings. The third-order valence-corrected chi connectivity index (χ3v) is 15.8. The number of rotatable bonds is 36. The molecule has 92 heavy (non-hydrogen) atoms. The summed E-state index contributed by atoms with van der Waals surface area (Å²) in [6, 6.07) is 4.96. The van der Waals surface area contributed by atoms with E-state index in [1.54, 1.807) is 86.9 Å². The van der Waals surface area contributed by atoms with Gasteiger partial charge in [0.25, 0.3) is 5.56 Å². The Morgan fingerprint density at radius 3 is 1.97 bits per heavy atom. The van der Waals surface area contributed by atoms with Gasteiger partial charge in [0.05, 0.1) is 141 Å². The predicted octanol–water partition coefficient (Wildman–Crippen LogP) is 5.54. The van der Waals surface area contributed by atoms with Crippen molar-refractivity contribution in [2.24, 2.45) is 5.92 Å². The summed E-state index contributed by atoms with van der Waals surface area (Å²) in [5.41, 5.74) is 1.52. The molecule has 1 aliphatic carbocycles. The van der Waals surface area contributed by atoms with E-state index in [0.29, 0.717) is 153 Å². The van der Waals surface area contributed by atoms with Gasteiger partial charge in [-0.3, -0.25) is 19.2 Å². The van der Waals surface area contributed by atoms with E-state index in [2.05, 4.69) is 21.3 Å². The largest absolute Gasteiger partial charge is 0.458 e. The molecule has 4 heterocycles. The predicted molar refractivity (Wildman–Crippen MR) is 333 cm³/mol. The van der Waals surface area contributed by atoms with Gasteiger partial charge in [0.2, 0.25) is 17.7 Å². The molecule has 7 rings (SSSR count). The standard InChI is InChI=1S/C65H90FN7O19/c1-11-65(81)48-33-52-57-46(36-73(52)60(77)47(48)38-90-61(65)78)55-50(15-14-45-40(4)49(66)34-51(69-57)54(45)55)70-62(79)91-37-42-12-13-44(68-58(75)41(5)67-59(76)56(39(2)3)71-63(80)92-64(6,7)8)32-43(42)35-72(9)53(74)16-17-83-20-21-85-24-25-87-28-29-89-31-30-88-27-26-86-23-22-84-19-18-82-10/h12-13,32-34,39,41,50,56,81H,11,14-31,35-38H2,1-10H3,(H,67,76)(H,68,75)(H,70,79)(H,71,80)/t41-,50-,56-,65-/m0/s1. The minimum Gasteiger partial charge on any atom is -0.458 e. The van der Waals surface area contributed by atoms with Crippen LogP contribution in [0.1, 0.15) is 118 Å². The highest BCUT2D eigenvalue weighted by molar-refractivity contribution is 5.98. The number of halogens is 1. The Balaban J connectivity index is 0.959. The van der Waals surface area contributed by atoms with Crippen LogP contribution in [0.2, 0.25) is 0 Å². The molecule has 0 saturated carbocycles. The molecule has 2 aromatic carbocycles. The summed E-state index contributed by atoms with van der Waals surface area (Å²) in [4.78, 5) is 101. The number of methoxy groups -OCH3 is 1. The second kappa shape index (κ2) is 34.1. The van der Waals surface area contributed by atoms with Gasteiger partial charge in [0.15, 0.2) is 5.60 Å². The molecule has 5 N–H and O–H groups in total. The zero-order chi connectivity index (χ0) is 66.7. The number of nitrogens with one attached hydrogen (secondary N) is 4. The molecule has 3 aliphatic rings. The molecule has 0 unspecified atom stereocenters. The van der Waals surface area contributed by atoms with E-state index < -0.39 is 70.7 Å². The zero-order valence-corrected chi connectivity index (χ0v) is 54.5. The zero-order valence-electron chi connectivity index (χ0n) is 54.5. The number of aromatic nitrogens is 2. The molecule has 2 aromatic heterocycles. The van der Waals surface area contributed by atoms with E-state index in [-0.39, 0.29) is 81.9 Å². The number of alkyl carbamates (subject to hydrolysis) is 2. The highest BCUT2D eigenvalue weighted by Crippen LogP contribution is 2.46. The number of aliphatic hydroxyl groups is 1. The number of anilines is 1. The average molecular weight is 1290 g/mol. The molecule has 0 radical (unpaired) electrons. The first kappa shape index (κ1) is 72.2. The molecular formula is C65H90FN7O19. The summed E-state index contributed by atoms with van der Waals surface area (Å²) in [5, 5.41) is 23.2. The fourth-order valence-corrected chi connectivity index (χ4v) is 10.9. The monoisotopic (exact) mass is 1290 g/mol. The summed E-state index contributed by atoms with van der Waals surface area (Å²) in [6.07, 6.45) is -0.938. The number of esters is 1. The van der Waals surface area contributed by atoms with Gasteiger partial charge in [0, 0.05) is 49.0 Å². The van der Waals surface area contributed by atoms with Crippen molar-refractivity contribution in [1.82, 2.24) is 30.4 Å². The molecule has 26 nitrogen and oxygen atoms in total. The SMILES string of the molecule is CC[C@@]1(O)C(=O)OCc2c1cc1n(c2=O)Cc2c-1nc1cc(F)c(C)c3c1c2[C@@H](NC(=O)OCc1ccc(NC(=O)[C@H](C)NC(=O)[C@@H](NC(=O)OC(C)(C)C)C(C)C)cc1CN(C)C(=O)CCOCCOCCOCCOCCOCCOCCOCCOC)CC3. The van der Waals surface area contributed by atoms with Crippen molar-refractivity contribution >= 4 is 52.5 Å². The van der Waals surface area contributed by atoms with Crippen LogP contribution < -0.4 is 26.8 Å². The second-order valence-corrected chi connectivity index (χ2v) is 24.0. The normalized spacial score (nSPS) is 16.3. The minimum atomic E-state index is -2.07. The summed E-state index contributed by atoms with van der Waals surface area (Å²) in [5.74, 6) is -3.18. The van der Waals surface area contributed by atoms with Crippen LogP contribution in [-0.4, -0.2) is 186 Å². The van der Waals surface area contributed by atoms with Gasteiger partial charge in [-0.25, -0.2) is 23.8 Å². The minimum absolute atomic E-state index is 0.00174. The van der Waals surface area contributed by atoms with Crippen molar-refractivity contribution in [3.05, 3.63) is 91.0 Å². The molecule has 0 saturated heterocycles. The first-order valence-electron chi connectivity index (χ1n) is 31.2. The van der Waals surface area contributed by atoms with Crippen molar-refractivity contribution in [2.45, 2.75) is 137 Å². The number of cyclic esters (lactones) is 1. The van der Waals surface area contributed by atoms with Gasteiger partial charge in [-0.15, -0.1) is 0 Å². The molecular weight excluding hydrogens is 1200 g/mol. The molecule has 0 spiro atoms. The van der Waals surface area contributed by atoms with E-state index >= 15 is 4.39 Å². The van der Waals surface area contributed by atoms with E-state index in [1.165, 1.54) is 22.5 Å². The molecule has 5 amide bonds. The van der Waals surface area contributed by atoms with Crippen LogP contribution in [0, 0.1) is 18.7 Å². The van der Waals surface area contributed by atoms with E-state index in [4.69, 9.17) is 57.1 Å². The Morgan fingerprint density at radius 1 is 0.793 bits per heavy atom. The first-order valence-corrected chi connectivity index (χ1v) is 31.2. The van der Waals surface area contributed by atoms with Gasteiger partial charge in [0.1, 0.15) is 36.7 Å². The summed E-state index contributed by atoms with van der Waals surface area (Å²) >= 11 is 0. The van der Waals surface area contributed by atoms with E-state index in [1.807, 2.05) is 0 Å². The molecule has 27 heteroatoms. The van der Waals surface area contributed by atoms with Crippen LogP contribution in [0.25, 0.3) is 22.3 Å². The lowest BCUT2D eigenvalue weighted by Gasteiger charge is -2.31. The average Bonchev–Trinajstić information content (AvgIpc) is 1.47. The topological polar surface area (TPSA) is 310 Å². The Morgan fingerprint density at radius 2 is 1.39 bits per heavy atom. The molecule has 2 aliphatic heterocycles. The molecule has 0 bridgehead atoms. The number of benzene rings is 2. The number of pyridine rings is 2. The Bertz CT molecular complexity index is 3300. The number of carbonyl (C=O) groups is 6. The number of hydrogen-bond donors (Lipinski definition) is 5. The lowest BCUT2D eigenvalue weighted by Crippen LogP contribution is -2.54. The van der Waals surface area contributed by atoms with Crippen molar-refractivity contribution in [1.29, 1.82) is 0 Å². The molecule has 4 atom stereocenters. The van der Waals surface area contributed by atoms with Gasteiger partial charge >= 0.3 is 18.2 Å². The van der Waals surface area contributed by atoms with Crippen molar-refractivity contribution < 1.29 is 90.4 Å². The lowest BCUT2D eigenvalue weighted by molar-refractivity contribution is -0.172. The summed E-state index contributed by atoms with van der Waals surface area (Å²) in [7, 11) is 3.22. The maximum Gasteiger partial charge on any atom is 0.408 e. The van der Waals surface area contributed by atoms with Crippen LogP contribution in [-0.2, 0) is 110 Å². The summed E-state index contributed by atoms with van der Waals surface area (Å²) in [6.45, 7) is 18.7. The maximum absolute atomic E-state index is 15.6. The Kier molecular flexibility index (Phi) is 26.8. The van der Waals surface area contributed by atoms with E-state index in [0.717, 1.165) is 0 Å². The number of carbonyl (C=O) groups excluding carboxylic acids is 6. The number of amides is 5. The smallest absolute Gasteiger partial charge is 0.408 e. The number of aryl methyl sites for hydroxylation is 1. The molecule has 506 valence electrons. The second-order valence-electron chi connectivity index (χ2n) is 24.0. The van der Waals surface area contributed by atoms with Crippen LogP contribution in [0.5, 0.6) is 0 Å². The molecule has 0 fully saturated rings. The Hall–Kier alpha value is -7.21. The van der Waals surface area contributed by atoms with Gasteiger partial charge < -0.3 is 87.9 Å². The highest BCUT2D eigenvalue weighted by atomic mass is 19.1. The fourth-order valence-electron chi connectivity index (χ4n) is 10.9. The lowest BCUT2D eigenvalue weighted by atomic mass is 9.81. The van der Waals surface area contributed by atoms with E-state index in [9.17, 15) is 38.7 Å². The third kappa shape index (κ3) is 19.2. The van der Waals surface area contributed by atoms with Crippen LogP contribution in [0.3, 0.4) is 0 Å². The van der Waals surface area contributed by atoms with Crippen LogP contribution >= 0.6 is 0 Å². The number of nitrogens with zero attached hydrogens (tertiary/aromatic N) is 3. The third-order valence-electron chi connectivity index (χ3n) is 15.8. The van der Waals surface area contributed by atoms with Crippen molar-refractivity contribution in [3.8, 4) is 11.4 Å². The fraction of sp³-hybridized carbons (Fsp3) is 0.600. The Labute approximate surface area is 535 Å². The first-order chi connectivity index (χ1) is 44.0. The van der Waals surface area contributed by atoms with Crippen LogP contribution in [0.4, 0.5) is 19.7 Å².